The zero-order valence-electron chi connectivity index (χ0n) is 39.2. The standard InChI is InChI=1S/C64H56N3P3/c1-11-31-54(32-12-1)51-64(67-70(61-45-25-8-26-46-61,62-47-27-9-28-48-62)63-49-29-10-30-50-63,52-65-68(55-33-13-2-14-34-55,56-35-15-3-16-36-56)57-37-17-4-18-38-57)53-66-69(58-39-19-5-20-40-58,59-41-21-6-22-42-59)60-43-23-7-24-44-60/h1-50H,51-53H2. The van der Waals surface area contributed by atoms with Crippen molar-refractivity contribution in [3.05, 3.63) is 309 Å². The minimum Gasteiger partial charge on any atom is -0.287 e. The highest BCUT2D eigenvalue weighted by Crippen LogP contribution is 2.53. The third-order valence-corrected chi connectivity index (χ3v) is 24.3. The molecule has 0 fully saturated rings. The minimum absolute atomic E-state index is 0.393. The van der Waals surface area contributed by atoms with Crippen LogP contribution < -0.4 is 47.7 Å². The van der Waals surface area contributed by atoms with Gasteiger partial charge in [-0.15, -0.1) is 0 Å². The Balaban J connectivity index is 1.41. The number of nitrogens with zero attached hydrogens (tertiary/aromatic N) is 3. The lowest BCUT2D eigenvalue weighted by Gasteiger charge is -2.38. The Bertz CT molecular complexity index is 2930. The zero-order chi connectivity index (χ0) is 47.4. The Labute approximate surface area is 414 Å². The predicted octanol–water partition coefficient (Wildman–Crippen LogP) is 12.5. The van der Waals surface area contributed by atoms with Crippen LogP contribution in [0.3, 0.4) is 0 Å². The molecule has 0 radical (unpaired) electrons. The van der Waals surface area contributed by atoms with E-state index in [0.29, 0.717) is 19.5 Å². The molecule has 0 saturated carbocycles. The summed E-state index contributed by atoms with van der Waals surface area (Å²) in [6.07, 6.45) is 0.603. The predicted molar refractivity (Wildman–Crippen MR) is 305 cm³/mol. The maximum absolute atomic E-state index is 6.77. The first-order valence-corrected chi connectivity index (χ1v) is 29.2. The van der Waals surface area contributed by atoms with Crippen LogP contribution in [0.1, 0.15) is 5.56 Å². The second kappa shape index (κ2) is 21.7. The lowest BCUT2D eigenvalue weighted by molar-refractivity contribution is 0.457. The Morgan fingerprint density at radius 1 is 0.229 bits per heavy atom. The van der Waals surface area contributed by atoms with E-state index < -0.39 is 26.7 Å². The highest BCUT2D eigenvalue weighted by molar-refractivity contribution is 7.88. The van der Waals surface area contributed by atoms with Gasteiger partial charge in [-0.05, 0) is 5.56 Å². The monoisotopic (exact) mass is 959 g/mol. The molecule has 3 nitrogen and oxygen atoms in total. The average Bonchev–Trinajstić information content (AvgIpc) is 3.45. The van der Waals surface area contributed by atoms with E-state index in [1.165, 1.54) is 53.3 Å². The van der Waals surface area contributed by atoms with Gasteiger partial charge in [0, 0.05) is 54.2 Å². The van der Waals surface area contributed by atoms with Crippen molar-refractivity contribution in [1.82, 2.24) is 0 Å². The summed E-state index contributed by atoms with van der Waals surface area (Å²) in [5.74, 6) is 0. The lowest BCUT2D eigenvalue weighted by Crippen LogP contribution is -2.41. The molecule has 0 amide bonds. The molecule has 0 heterocycles. The van der Waals surface area contributed by atoms with E-state index in [0.717, 1.165) is 0 Å². The first-order valence-electron chi connectivity index (χ1n) is 24.0. The van der Waals surface area contributed by atoms with Crippen molar-refractivity contribution in [3.63, 3.8) is 0 Å². The SMILES string of the molecule is c1ccc(CC(CN=P(c2ccccc2)(c2ccccc2)c2ccccc2)(CN=P(c2ccccc2)(c2ccccc2)c2ccccc2)N=P(c2ccccc2)(c2ccccc2)c2ccccc2)cc1. The van der Waals surface area contributed by atoms with E-state index >= 15 is 0 Å². The molecule has 0 aromatic heterocycles. The molecular weight excluding hydrogens is 904 g/mol. The summed E-state index contributed by atoms with van der Waals surface area (Å²) in [6, 6.07) is 110. The summed E-state index contributed by atoms with van der Waals surface area (Å²) >= 11 is 0. The molecule has 342 valence electrons. The van der Waals surface area contributed by atoms with Crippen molar-refractivity contribution in [2.75, 3.05) is 13.1 Å². The largest absolute Gasteiger partial charge is 0.287 e. The lowest BCUT2D eigenvalue weighted by atomic mass is 9.92. The normalized spacial score (nSPS) is 11.9. The Kier molecular flexibility index (Phi) is 14.4. The van der Waals surface area contributed by atoms with Crippen LogP contribution in [-0.2, 0) is 6.42 Å². The van der Waals surface area contributed by atoms with E-state index in [2.05, 4.69) is 303 Å². The van der Waals surface area contributed by atoms with Gasteiger partial charge in [0.25, 0.3) is 0 Å². The van der Waals surface area contributed by atoms with Crippen molar-refractivity contribution in [3.8, 4) is 0 Å². The van der Waals surface area contributed by atoms with Crippen molar-refractivity contribution in [2.45, 2.75) is 12.0 Å². The van der Waals surface area contributed by atoms with Gasteiger partial charge in [0.2, 0.25) is 0 Å². The first kappa shape index (κ1) is 46.6. The quantitative estimate of drug-likeness (QED) is 0.0866. The van der Waals surface area contributed by atoms with Crippen LogP contribution in [-0.4, -0.2) is 18.6 Å². The van der Waals surface area contributed by atoms with Gasteiger partial charge in [-0.3, -0.25) is 14.2 Å². The highest BCUT2D eigenvalue weighted by Gasteiger charge is 2.40. The van der Waals surface area contributed by atoms with Crippen LogP contribution in [0.2, 0.25) is 0 Å². The topological polar surface area (TPSA) is 37.1 Å². The Morgan fingerprint density at radius 3 is 0.629 bits per heavy atom. The van der Waals surface area contributed by atoms with Crippen molar-refractivity contribution >= 4 is 68.9 Å². The molecule has 10 rings (SSSR count). The van der Waals surface area contributed by atoms with Gasteiger partial charge in [-0.25, -0.2) is 0 Å². The summed E-state index contributed by atoms with van der Waals surface area (Å²) in [6.45, 7) is 0.787. The third-order valence-electron chi connectivity index (χ3n) is 13.1. The van der Waals surface area contributed by atoms with Gasteiger partial charge in [-0.2, -0.15) is 0 Å². The molecule has 0 saturated heterocycles. The van der Waals surface area contributed by atoms with Gasteiger partial charge < -0.3 is 0 Å². The summed E-state index contributed by atoms with van der Waals surface area (Å²) in [5, 5.41) is 10.8. The molecule has 0 aliphatic carbocycles. The van der Waals surface area contributed by atoms with Gasteiger partial charge in [0.05, 0.1) is 34.3 Å². The van der Waals surface area contributed by atoms with Crippen LogP contribution in [0.5, 0.6) is 0 Å². The Morgan fingerprint density at radius 2 is 0.414 bits per heavy atom. The van der Waals surface area contributed by atoms with E-state index in [1.807, 2.05) is 0 Å². The fourth-order valence-electron chi connectivity index (χ4n) is 9.83. The summed E-state index contributed by atoms with van der Waals surface area (Å²) < 4.78 is 19.6. The first-order chi connectivity index (χ1) is 34.6. The molecule has 0 atom stereocenters. The molecule has 0 spiro atoms. The van der Waals surface area contributed by atoms with Crippen LogP contribution in [0.4, 0.5) is 0 Å². The highest BCUT2D eigenvalue weighted by atomic mass is 31.2. The van der Waals surface area contributed by atoms with Crippen LogP contribution in [0, 0.1) is 0 Å². The molecule has 6 heteroatoms. The smallest absolute Gasteiger partial charge is 0.103 e. The molecular formula is C64H56N3P3. The molecule has 10 aromatic rings. The van der Waals surface area contributed by atoms with E-state index in [1.54, 1.807) is 0 Å². The number of hydrogen-bond donors (Lipinski definition) is 0. The maximum Gasteiger partial charge on any atom is 0.103 e. The molecule has 0 aliphatic heterocycles. The third kappa shape index (κ3) is 9.47. The van der Waals surface area contributed by atoms with E-state index in [-0.39, 0.29) is 0 Å². The second-order valence-electron chi connectivity index (χ2n) is 17.5. The molecule has 0 unspecified atom stereocenters. The second-order valence-corrected chi connectivity index (χ2v) is 26.7. The van der Waals surface area contributed by atoms with Gasteiger partial charge >= 0.3 is 0 Å². The number of rotatable bonds is 16. The fourth-order valence-corrected chi connectivity index (χ4v) is 21.1. The van der Waals surface area contributed by atoms with Crippen molar-refractivity contribution in [1.29, 1.82) is 0 Å². The number of hydrogen-bond acceptors (Lipinski definition) is 3. The minimum atomic E-state index is -2.88. The van der Waals surface area contributed by atoms with Crippen LogP contribution in [0.25, 0.3) is 0 Å². The average molecular weight is 960 g/mol. The fraction of sp³-hybridized carbons (Fsp3) is 0.0625. The molecule has 0 bridgehead atoms. The van der Waals surface area contributed by atoms with Gasteiger partial charge in [-0.1, -0.05) is 303 Å². The summed E-state index contributed by atoms with van der Waals surface area (Å²) in [5.41, 5.74) is 0.277. The van der Waals surface area contributed by atoms with Gasteiger partial charge in [0.15, 0.2) is 0 Å². The maximum atomic E-state index is 6.77. The number of benzene rings is 10. The molecule has 0 aliphatic rings. The molecule has 0 N–H and O–H groups in total. The van der Waals surface area contributed by atoms with Gasteiger partial charge in [0.1, 0.15) is 5.54 Å². The summed E-state index contributed by atoms with van der Waals surface area (Å²) in [4.78, 5) is 0. The van der Waals surface area contributed by atoms with Crippen molar-refractivity contribution < 1.29 is 0 Å². The van der Waals surface area contributed by atoms with Crippen LogP contribution in [0.15, 0.2) is 318 Å². The summed E-state index contributed by atoms with van der Waals surface area (Å²) in [7, 11) is -8.34. The Hall–Kier alpha value is -7.11. The van der Waals surface area contributed by atoms with E-state index in [9.17, 15) is 0 Å². The zero-order valence-corrected chi connectivity index (χ0v) is 41.9. The molecule has 10 aromatic carbocycles. The van der Waals surface area contributed by atoms with Crippen molar-refractivity contribution in [2.24, 2.45) is 14.2 Å². The van der Waals surface area contributed by atoms with Crippen LogP contribution >= 0.6 is 21.2 Å². The molecule has 70 heavy (non-hydrogen) atoms. The van der Waals surface area contributed by atoms with E-state index in [4.69, 9.17) is 14.2 Å².